The molecule has 1 aromatic carbocycles. The summed E-state index contributed by atoms with van der Waals surface area (Å²) in [6, 6.07) is 6.02. The van der Waals surface area contributed by atoms with Crippen LogP contribution in [0, 0.1) is 5.82 Å². The summed E-state index contributed by atoms with van der Waals surface area (Å²) in [6.07, 6.45) is 1.78. The molecule has 0 unspecified atom stereocenters. The smallest absolute Gasteiger partial charge is 0.316 e. The van der Waals surface area contributed by atoms with Gasteiger partial charge in [-0.05, 0) is 71.5 Å². The number of halogens is 1. The minimum absolute atomic E-state index is 0.344. The molecule has 1 rings (SSSR count). The van der Waals surface area contributed by atoms with Crippen LogP contribution < -0.4 is 10.2 Å². The third kappa shape index (κ3) is 6.28. The summed E-state index contributed by atoms with van der Waals surface area (Å²) in [6.45, 7) is 7.81. The normalized spacial score (nSPS) is 11.0. The van der Waals surface area contributed by atoms with Gasteiger partial charge in [0.15, 0.2) is 0 Å². The number of anilines is 1. The molecule has 0 heterocycles. The maximum atomic E-state index is 13.0. The van der Waals surface area contributed by atoms with Gasteiger partial charge in [-0.25, -0.2) is 4.39 Å². The van der Waals surface area contributed by atoms with Gasteiger partial charge in [-0.1, -0.05) is 0 Å². The summed E-state index contributed by atoms with van der Waals surface area (Å²) in [7, 11) is 2.06. The van der Waals surface area contributed by atoms with E-state index >= 15 is 0 Å². The van der Waals surface area contributed by atoms with Crippen molar-refractivity contribution in [3.63, 3.8) is 0 Å². The van der Waals surface area contributed by atoms with Crippen LogP contribution >= 0.6 is 0 Å². The first-order chi connectivity index (χ1) is 11.4. The summed E-state index contributed by atoms with van der Waals surface area (Å²) in [5, 5.41) is 2.66. The summed E-state index contributed by atoms with van der Waals surface area (Å²) in [5.41, 5.74) is 0.512. The van der Waals surface area contributed by atoms with Crippen LogP contribution in [0.4, 0.5) is 10.1 Å². The monoisotopic (exact) mass is 337 g/mol. The molecule has 0 spiro atoms. The second-order valence-electron chi connectivity index (χ2n) is 6.06. The molecule has 0 aliphatic rings. The van der Waals surface area contributed by atoms with Crippen LogP contribution in [0.2, 0.25) is 0 Å². The Morgan fingerprint density at radius 3 is 2.33 bits per heavy atom. The average molecular weight is 337 g/mol. The zero-order valence-electron chi connectivity index (χ0n) is 15.0. The van der Waals surface area contributed by atoms with Gasteiger partial charge in [-0.3, -0.25) is 9.59 Å². The molecule has 0 aliphatic heterocycles. The highest BCUT2D eigenvalue weighted by atomic mass is 19.1. The molecule has 0 saturated heterocycles. The third-order valence-corrected chi connectivity index (χ3v) is 4.00. The topological polar surface area (TPSA) is 52.7 Å². The van der Waals surface area contributed by atoms with E-state index in [0.29, 0.717) is 24.8 Å². The SMILES string of the molecule is CCN(C(=O)C(=O)NCCCCN(C)C(C)C)c1ccc(F)cc1. The van der Waals surface area contributed by atoms with Gasteiger partial charge in [0.05, 0.1) is 0 Å². The van der Waals surface area contributed by atoms with Gasteiger partial charge >= 0.3 is 11.8 Å². The number of hydrogen-bond donors (Lipinski definition) is 1. The fourth-order valence-electron chi connectivity index (χ4n) is 2.21. The molecule has 6 heteroatoms. The lowest BCUT2D eigenvalue weighted by molar-refractivity contribution is -0.137. The number of nitrogens with zero attached hydrogens (tertiary/aromatic N) is 2. The fraction of sp³-hybridized carbons (Fsp3) is 0.556. The van der Waals surface area contributed by atoms with Gasteiger partial charge in [0.1, 0.15) is 5.82 Å². The van der Waals surface area contributed by atoms with Crippen LogP contribution in [0.15, 0.2) is 24.3 Å². The molecule has 0 aliphatic carbocycles. The van der Waals surface area contributed by atoms with Crippen molar-refractivity contribution in [2.24, 2.45) is 0 Å². The van der Waals surface area contributed by atoms with Crippen LogP contribution in [0.1, 0.15) is 33.6 Å². The molecule has 5 nitrogen and oxygen atoms in total. The molecule has 2 amide bonds. The Morgan fingerprint density at radius 2 is 1.79 bits per heavy atom. The maximum absolute atomic E-state index is 13.0. The highest BCUT2D eigenvalue weighted by molar-refractivity contribution is 6.40. The number of carbonyl (C=O) groups excluding carboxylic acids is 2. The van der Waals surface area contributed by atoms with E-state index in [1.165, 1.54) is 29.2 Å². The number of rotatable bonds is 8. The van der Waals surface area contributed by atoms with E-state index in [0.717, 1.165) is 19.4 Å². The van der Waals surface area contributed by atoms with Crippen molar-refractivity contribution < 1.29 is 14.0 Å². The molecule has 134 valence electrons. The Morgan fingerprint density at radius 1 is 1.17 bits per heavy atom. The van der Waals surface area contributed by atoms with Gasteiger partial charge in [-0.15, -0.1) is 0 Å². The van der Waals surface area contributed by atoms with Crippen LogP contribution in [0.25, 0.3) is 0 Å². The van der Waals surface area contributed by atoms with E-state index in [2.05, 4.69) is 31.1 Å². The Labute approximate surface area is 143 Å². The Balaban J connectivity index is 2.43. The summed E-state index contributed by atoms with van der Waals surface area (Å²) in [5.74, 6) is -1.63. The van der Waals surface area contributed by atoms with Gasteiger partial charge < -0.3 is 15.1 Å². The lowest BCUT2D eigenvalue weighted by atomic mass is 10.2. The molecule has 0 fully saturated rings. The Bertz CT molecular complexity index is 532. The first-order valence-electron chi connectivity index (χ1n) is 8.42. The van der Waals surface area contributed by atoms with Crippen LogP contribution in [0.5, 0.6) is 0 Å². The summed E-state index contributed by atoms with van der Waals surface area (Å²) < 4.78 is 13.0. The molecule has 0 bridgehead atoms. The molecule has 0 saturated carbocycles. The van der Waals surface area contributed by atoms with E-state index in [1.54, 1.807) is 6.92 Å². The first-order valence-corrected chi connectivity index (χ1v) is 8.42. The van der Waals surface area contributed by atoms with Crippen molar-refractivity contribution in [2.45, 2.75) is 39.7 Å². The lowest BCUT2D eigenvalue weighted by Crippen LogP contribution is -2.43. The Kier molecular flexibility index (Phi) is 8.40. The number of likely N-dealkylation sites (N-methyl/N-ethyl adjacent to an activating group) is 1. The zero-order valence-corrected chi connectivity index (χ0v) is 15.0. The summed E-state index contributed by atoms with van der Waals surface area (Å²) in [4.78, 5) is 27.8. The molecular weight excluding hydrogens is 309 g/mol. The number of amides is 2. The molecular formula is C18H28FN3O2. The van der Waals surface area contributed by atoms with Crippen LogP contribution in [0.3, 0.4) is 0 Å². The van der Waals surface area contributed by atoms with E-state index in [4.69, 9.17) is 0 Å². The molecule has 24 heavy (non-hydrogen) atoms. The van der Waals surface area contributed by atoms with Crippen molar-refractivity contribution in [3.8, 4) is 0 Å². The minimum atomic E-state index is -0.626. The second kappa shape index (κ2) is 10.0. The number of carbonyl (C=O) groups is 2. The van der Waals surface area contributed by atoms with E-state index in [9.17, 15) is 14.0 Å². The van der Waals surface area contributed by atoms with Gasteiger partial charge in [0.25, 0.3) is 0 Å². The summed E-state index contributed by atoms with van der Waals surface area (Å²) >= 11 is 0. The third-order valence-electron chi connectivity index (χ3n) is 4.00. The van der Waals surface area contributed by atoms with Crippen molar-refractivity contribution >= 4 is 17.5 Å². The first kappa shape index (κ1) is 20.1. The van der Waals surface area contributed by atoms with Crippen LogP contribution in [-0.4, -0.2) is 49.4 Å². The van der Waals surface area contributed by atoms with E-state index in [-0.39, 0.29) is 5.82 Å². The maximum Gasteiger partial charge on any atom is 0.316 e. The predicted octanol–water partition coefficient (Wildman–Crippen LogP) is 2.42. The predicted molar refractivity (Wildman–Crippen MR) is 94.4 cm³/mol. The standard InChI is InChI=1S/C18H28FN3O2/c1-5-22(16-10-8-15(19)9-11-16)18(24)17(23)20-12-6-7-13-21(4)14(2)3/h8-11,14H,5-7,12-13H2,1-4H3,(H,20,23). The highest BCUT2D eigenvalue weighted by Crippen LogP contribution is 2.14. The van der Waals surface area contributed by atoms with Crippen molar-refractivity contribution in [2.75, 3.05) is 31.6 Å². The van der Waals surface area contributed by atoms with Crippen molar-refractivity contribution in [3.05, 3.63) is 30.1 Å². The highest BCUT2D eigenvalue weighted by Gasteiger charge is 2.21. The number of benzene rings is 1. The fourth-order valence-corrected chi connectivity index (χ4v) is 2.21. The molecule has 1 N–H and O–H groups in total. The lowest BCUT2D eigenvalue weighted by Gasteiger charge is -2.21. The molecule has 0 atom stereocenters. The molecule has 0 radical (unpaired) electrons. The zero-order chi connectivity index (χ0) is 18.1. The van der Waals surface area contributed by atoms with Gasteiger partial charge in [0.2, 0.25) is 0 Å². The van der Waals surface area contributed by atoms with Gasteiger partial charge in [-0.2, -0.15) is 0 Å². The Hall–Kier alpha value is -1.95. The quantitative estimate of drug-likeness (QED) is 0.585. The number of unbranched alkanes of at least 4 members (excludes halogenated alkanes) is 1. The van der Waals surface area contributed by atoms with Gasteiger partial charge in [0, 0.05) is 24.8 Å². The van der Waals surface area contributed by atoms with Crippen LogP contribution in [-0.2, 0) is 9.59 Å². The minimum Gasteiger partial charge on any atom is -0.348 e. The van der Waals surface area contributed by atoms with E-state index in [1.807, 2.05) is 0 Å². The average Bonchev–Trinajstić information content (AvgIpc) is 2.56. The largest absolute Gasteiger partial charge is 0.348 e. The van der Waals surface area contributed by atoms with Crippen molar-refractivity contribution in [1.29, 1.82) is 0 Å². The van der Waals surface area contributed by atoms with E-state index < -0.39 is 11.8 Å². The molecule has 1 aromatic rings. The molecule has 0 aromatic heterocycles. The number of hydrogen-bond acceptors (Lipinski definition) is 3. The van der Waals surface area contributed by atoms with Crippen molar-refractivity contribution in [1.82, 2.24) is 10.2 Å². The number of nitrogens with one attached hydrogen (secondary N) is 1. The second-order valence-corrected chi connectivity index (χ2v) is 6.06.